The number of nitrogen functional groups attached to an aromatic ring is 1. The van der Waals surface area contributed by atoms with Crippen LogP contribution < -0.4 is 15.4 Å². The number of hydrogen-bond donors (Lipinski definition) is 1. The molecule has 3 rings (SSSR count). The average molecular weight is 281 g/mol. The normalized spacial score (nSPS) is 18.9. The summed E-state index contributed by atoms with van der Waals surface area (Å²) < 4.78 is 10.2. The number of anilines is 2. The number of nitrogens with two attached hydrogens (primary N) is 1. The standard InChI is InChI=1S/C14H23N3OS/c1-9(2)18-12-13(15)16-19-14(12)17(7-10-3-4-10)8-11-5-6-11/h9-11H,3-8H2,1-2H3,(H2,15,16). The van der Waals surface area contributed by atoms with Crippen molar-refractivity contribution in [2.75, 3.05) is 23.7 Å². The predicted octanol–water partition coefficient (Wildman–Crippen LogP) is 3.14. The molecule has 0 saturated heterocycles. The SMILES string of the molecule is CC(C)Oc1c(N)nsc1N(CC1CC1)CC1CC1. The second-order valence-corrected chi connectivity index (χ2v) is 6.91. The van der Waals surface area contributed by atoms with E-state index < -0.39 is 0 Å². The van der Waals surface area contributed by atoms with Crippen LogP contribution >= 0.6 is 11.5 Å². The van der Waals surface area contributed by atoms with Crippen LogP contribution in [0.15, 0.2) is 0 Å². The summed E-state index contributed by atoms with van der Waals surface area (Å²) in [7, 11) is 0. The van der Waals surface area contributed by atoms with Crippen molar-refractivity contribution in [2.24, 2.45) is 11.8 Å². The molecule has 4 nitrogen and oxygen atoms in total. The highest BCUT2D eigenvalue weighted by molar-refractivity contribution is 7.11. The molecule has 0 aromatic carbocycles. The molecule has 2 aliphatic rings. The second-order valence-electron chi connectivity index (χ2n) is 6.16. The summed E-state index contributed by atoms with van der Waals surface area (Å²) in [4.78, 5) is 2.47. The fourth-order valence-electron chi connectivity index (χ4n) is 2.30. The highest BCUT2D eigenvalue weighted by Gasteiger charge is 2.32. The van der Waals surface area contributed by atoms with Gasteiger partial charge >= 0.3 is 0 Å². The van der Waals surface area contributed by atoms with Crippen molar-refractivity contribution in [1.82, 2.24) is 4.37 Å². The van der Waals surface area contributed by atoms with E-state index in [9.17, 15) is 0 Å². The van der Waals surface area contributed by atoms with E-state index in [-0.39, 0.29) is 6.10 Å². The molecule has 1 aromatic rings. The van der Waals surface area contributed by atoms with Gasteiger partial charge in [0.15, 0.2) is 16.6 Å². The molecule has 0 atom stereocenters. The molecular weight excluding hydrogens is 258 g/mol. The Kier molecular flexibility index (Phi) is 3.56. The van der Waals surface area contributed by atoms with E-state index in [1.807, 2.05) is 13.8 Å². The smallest absolute Gasteiger partial charge is 0.198 e. The van der Waals surface area contributed by atoms with Gasteiger partial charge in [-0.1, -0.05) is 0 Å². The highest BCUT2D eigenvalue weighted by atomic mass is 32.1. The Morgan fingerprint density at radius 2 is 1.84 bits per heavy atom. The maximum Gasteiger partial charge on any atom is 0.198 e. The molecule has 2 fully saturated rings. The molecule has 5 heteroatoms. The molecule has 19 heavy (non-hydrogen) atoms. The Morgan fingerprint density at radius 1 is 1.26 bits per heavy atom. The summed E-state index contributed by atoms with van der Waals surface area (Å²) in [6.45, 7) is 6.36. The first-order valence-electron chi connectivity index (χ1n) is 7.30. The molecule has 0 spiro atoms. The molecule has 2 saturated carbocycles. The molecule has 1 aromatic heterocycles. The van der Waals surface area contributed by atoms with Crippen molar-refractivity contribution >= 4 is 22.4 Å². The highest BCUT2D eigenvalue weighted by Crippen LogP contribution is 2.43. The molecule has 2 N–H and O–H groups in total. The van der Waals surface area contributed by atoms with Crippen LogP contribution in [-0.4, -0.2) is 23.6 Å². The lowest BCUT2D eigenvalue weighted by atomic mass is 10.3. The summed E-state index contributed by atoms with van der Waals surface area (Å²) in [5, 5.41) is 1.14. The number of nitrogens with zero attached hydrogens (tertiary/aromatic N) is 2. The molecule has 0 unspecified atom stereocenters. The predicted molar refractivity (Wildman–Crippen MR) is 80.0 cm³/mol. The van der Waals surface area contributed by atoms with Crippen molar-refractivity contribution < 1.29 is 4.74 Å². The fraction of sp³-hybridized carbons (Fsp3) is 0.786. The third-order valence-corrected chi connectivity index (χ3v) is 4.55. The topological polar surface area (TPSA) is 51.4 Å². The molecule has 106 valence electrons. The quantitative estimate of drug-likeness (QED) is 0.834. The van der Waals surface area contributed by atoms with Crippen LogP contribution in [-0.2, 0) is 0 Å². The lowest BCUT2D eigenvalue weighted by molar-refractivity contribution is 0.244. The minimum absolute atomic E-state index is 0.140. The number of ether oxygens (including phenoxy) is 1. The van der Waals surface area contributed by atoms with Crippen LogP contribution in [0.1, 0.15) is 39.5 Å². The summed E-state index contributed by atoms with van der Waals surface area (Å²) in [5.74, 6) is 3.09. The van der Waals surface area contributed by atoms with Gasteiger partial charge in [-0.3, -0.25) is 0 Å². The van der Waals surface area contributed by atoms with Crippen LogP contribution in [0.3, 0.4) is 0 Å². The van der Waals surface area contributed by atoms with Gasteiger partial charge in [-0.25, -0.2) is 0 Å². The van der Waals surface area contributed by atoms with Crippen LogP contribution in [0, 0.1) is 11.8 Å². The van der Waals surface area contributed by atoms with E-state index in [2.05, 4.69) is 9.27 Å². The van der Waals surface area contributed by atoms with Crippen molar-refractivity contribution in [3.05, 3.63) is 0 Å². The van der Waals surface area contributed by atoms with Crippen molar-refractivity contribution in [3.63, 3.8) is 0 Å². The Labute approximate surface area is 119 Å². The average Bonchev–Trinajstić information content (AvgIpc) is 3.24. The zero-order chi connectivity index (χ0) is 13.4. The lowest BCUT2D eigenvalue weighted by Gasteiger charge is -2.24. The summed E-state index contributed by atoms with van der Waals surface area (Å²) >= 11 is 1.49. The Balaban J connectivity index is 1.78. The third-order valence-electron chi connectivity index (χ3n) is 3.65. The van der Waals surface area contributed by atoms with Crippen LogP contribution in [0.2, 0.25) is 0 Å². The van der Waals surface area contributed by atoms with Gasteiger partial charge in [0.05, 0.1) is 6.10 Å². The van der Waals surface area contributed by atoms with Crippen molar-refractivity contribution in [3.8, 4) is 5.75 Å². The first kappa shape index (κ1) is 13.0. The minimum atomic E-state index is 0.140. The van der Waals surface area contributed by atoms with Gasteiger partial charge < -0.3 is 15.4 Å². The van der Waals surface area contributed by atoms with Crippen LogP contribution in [0.4, 0.5) is 10.8 Å². The maximum absolute atomic E-state index is 5.97. The van der Waals surface area contributed by atoms with E-state index in [0.29, 0.717) is 5.82 Å². The molecule has 2 aliphatic carbocycles. The van der Waals surface area contributed by atoms with Gasteiger partial charge in [-0.2, -0.15) is 4.37 Å². The number of aromatic nitrogens is 1. The Morgan fingerprint density at radius 3 is 2.32 bits per heavy atom. The van der Waals surface area contributed by atoms with Gasteiger partial charge in [-0.05, 0) is 62.9 Å². The van der Waals surface area contributed by atoms with Gasteiger partial charge in [0.1, 0.15) is 0 Å². The first-order chi connectivity index (χ1) is 9.13. The molecule has 0 aliphatic heterocycles. The van der Waals surface area contributed by atoms with Crippen molar-refractivity contribution in [2.45, 2.75) is 45.6 Å². The zero-order valence-electron chi connectivity index (χ0n) is 11.8. The first-order valence-corrected chi connectivity index (χ1v) is 8.07. The van der Waals surface area contributed by atoms with Crippen molar-refractivity contribution in [1.29, 1.82) is 0 Å². The van der Waals surface area contributed by atoms with E-state index in [1.165, 1.54) is 37.2 Å². The minimum Gasteiger partial charge on any atom is -0.484 e. The number of hydrogen-bond acceptors (Lipinski definition) is 5. The number of rotatable bonds is 7. The van der Waals surface area contributed by atoms with E-state index in [1.54, 1.807) is 0 Å². The van der Waals surface area contributed by atoms with Gasteiger partial charge in [-0.15, -0.1) is 0 Å². The summed E-state index contributed by atoms with van der Waals surface area (Å²) in [6.07, 6.45) is 5.62. The summed E-state index contributed by atoms with van der Waals surface area (Å²) in [5.41, 5.74) is 5.97. The van der Waals surface area contributed by atoms with E-state index >= 15 is 0 Å². The largest absolute Gasteiger partial charge is 0.484 e. The Hall–Kier alpha value is -0.970. The second kappa shape index (κ2) is 5.19. The van der Waals surface area contributed by atoms with Crippen LogP contribution in [0.5, 0.6) is 5.75 Å². The van der Waals surface area contributed by atoms with E-state index in [4.69, 9.17) is 10.5 Å². The fourth-order valence-corrected chi connectivity index (χ4v) is 3.07. The van der Waals surface area contributed by atoms with Gasteiger partial charge in [0.2, 0.25) is 0 Å². The van der Waals surface area contributed by atoms with E-state index in [0.717, 1.165) is 35.7 Å². The van der Waals surface area contributed by atoms with Crippen LogP contribution in [0.25, 0.3) is 0 Å². The molecule has 0 amide bonds. The molecular formula is C14H23N3OS. The molecule has 0 radical (unpaired) electrons. The third kappa shape index (κ3) is 3.32. The van der Waals surface area contributed by atoms with Gasteiger partial charge in [0, 0.05) is 13.1 Å². The Bertz CT molecular complexity index is 424. The monoisotopic (exact) mass is 281 g/mol. The molecule has 1 heterocycles. The maximum atomic E-state index is 5.97. The lowest BCUT2D eigenvalue weighted by Crippen LogP contribution is -2.28. The van der Waals surface area contributed by atoms with Gasteiger partial charge in [0.25, 0.3) is 0 Å². The zero-order valence-corrected chi connectivity index (χ0v) is 12.6. The summed E-state index contributed by atoms with van der Waals surface area (Å²) in [6, 6.07) is 0. The molecule has 0 bridgehead atoms.